The van der Waals surface area contributed by atoms with Gasteiger partial charge in [-0.15, -0.1) is 0 Å². The Morgan fingerprint density at radius 2 is 2.13 bits per heavy atom. The largest absolute Gasteiger partial charge is 0.618 e. The van der Waals surface area contributed by atoms with Crippen molar-refractivity contribution in [3.05, 3.63) is 41.2 Å². The Labute approximate surface area is 87.3 Å². The van der Waals surface area contributed by atoms with Crippen molar-refractivity contribution in [2.75, 3.05) is 0 Å². The van der Waals surface area contributed by atoms with Crippen LogP contribution in [0.4, 0.5) is 5.69 Å². The molecule has 0 saturated heterocycles. The molecule has 0 atom stereocenters. The predicted molar refractivity (Wildman–Crippen MR) is 59.4 cm³/mol. The molecule has 0 saturated carbocycles. The summed E-state index contributed by atoms with van der Waals surface area (Å²) in [5, 5.41) is 12.7. The summed E-state index contributed by atoms with van der Waals surface area (Å²) >= 11 is 0. The number of aliphatic imine (C=N–C) groups is 1. The standard InChI is InChI=1S/C12H10N2O/c1-8-6-10-9-4-2-3-5-12(9)14(15)7-11(10)13-8/h2-5,7H,6H2,1H3. The van der Waals surface area contributed by atoms with E-state index in [1.54, 1.807) is 6.20 Å². The van der Waals surface area contributed by atoms with Crippen LogP contribution in [0, 0.1) is 5.21 Å². The first-order chi connectivity index (χ1) is 7.25. The highest BCUT2D eigenvalue weighted by molar-refractivity contribution is 5.98. The first-order valence-electron chi connectivity index (χ1n) is 4.93. The van der Waals surface area contributed by atoms with E-state index in [9.17, 15) is 5.21 Å². The number of hydrogen-bond donors (Lipinski definition) is 0. The van der Waals surface area contributed by atoms with Crippen LogP contribution in [0.2, 0.25) is 0 Å². The lowest BCUT2D eigenvalue weighted by Gasteiger charge is -2.05. The number of pyridine rings is 1. The van der Waals surface area contributed by atoms with Crippen LogP contribution in [0.3, 0.4) is 0 Å². The van der Waals surface area contributed by atoms with Crippen LogP contribution < -0.4 is 4.73 Å². The van der Waals surface area contributed by atoms with E-state index in [4.69, 9.17) is 0 Å². The molecule has 2 aromatic rings. The lowest BCUT2D eigenvalue weighted by molar-refractivity contribution is -0.576. The molecule has 0 N–H and O–H groups in total. The number of hydrogen-bond acceptors (Lipinski definition) is 2. The molecular weight excluding hydrogens is 188 g/mol. The summed E-state index contributed by atoms with van der Waals surface area (Å²) in [4.78, 5) is 4.36. The molecule has 1 aliphatic rings. The van der Waals surface area contributed by atoms with Gasteiger partial charge < -0.3 is 5.21 Å². The third kappa shape index (κ3) is 1.13. The quantitative estimate of drug-likeness (QED) is 0.472. The summed E-state index contributed by atoms with van der Waals surface area (Å²) in [6, 6.07) is 7.66. The average Bonchev–Trinajstić information content (AvgIpc) is 2.59. The van der Waals surface area contributed by atoms with E-state index < -0.39 is 0 Å². The number of aromatic nitrogens is 1. The second kappa shape index (κ2) is 2.79. The molecule has 3 heteroatoms. The van der Waals surface area contributed by atoms with Gasteiger partial charge in [-0.1, -0.05) is 12.1 Å². The number of fused-ring (bicyclic) bond motifs is 3. The second-order valence-electron chi connectivity index (χ2n) is 3.86. The number of para-hydroxylation sites is 1. The van der Waals surface area contributed by atoms with Crippen molar-refractivity contribution in [1.82, 2.24) is 0 Å². The van der Waals surface area contributed by atoms with Gasteiger partial charge in [0.2, 0.25) is 11.7 Å². The summed E-state index contributed by atoms with van der Waals surface area (Å²) in [7, 11) is 0. The monoisotopic (exact) mass is 198 g/mol. The minimum Gasteiger partial charge on any atom is -0.618 e. The van der Waals surface area contributed by atoms with Crippen molar-refractivity contribution < 1.29 is 4.73 Å². The second-order valence-corrected chi connectivity index (χ2v) is 3.86. The fourth-order valence-corrected chi connectivity index (χ4v) is 2.10. The lowest BCUT2D eigenvalue weighted by Crippen LogP contribution is -2.26. The maximum absolute atomic E-state index is 11.7. The summed E-state index contributed by atoms with van der Waals surface area (Å²) in [5.74, 6) is 0. The molecule has 2 heterocycles. The fourth-order valence-electron chi connectivity index (χ4n) is 2.10. The van der Waals surface area contributed by atoms with Crippen LogP contribution in [0.1, 0.15) is 12.5 Å². The summed E-state index contributed by atoms with van der Waals surface area (Å²) < 4.78 is 0.899. The van der Waals surface area contributed by atoms with Crippen molar-refractivity contribution in [2.24, 2.45) is 4.99 Å². The third-order valence-electron chi connectivity index (χ3n) is 2.76. The van der Waals surface area contributed by atoms with Crippen LogP contribution in [-0.2, 0) is 6.42 Å². The molecule has 15 heavy (non-hydrogen) atoms. The maximum atomic E-state index is 11.7. The summed E-state index contributed by atoms with van der Waals surface area (Å²) in [5.41, 5.74) is 3.79. The SMILES string of the molecule is CC1=Nc2c[n+]([O-])c3ccccc3c2C1. The van der Waals surface area contributed by atoms with E-state index in [0.29, 0.717) is 0 Å². The normalized spacial score (nSPS) is 14.1. The van der Waals surface area contributed by atoms with E-state index in [2.05, 4.69) is 4.99 Å². The molecule has 1 aromatic carbocycles. The van der Waals surface area contributed by atoms with Gasteiger partial charge in [0, 0.05) is 23.8 Å². The minimum atomic E-state index is 0.723. The Bertz CT molecular complexity index is 587. The van der Waals surface area contributed by atoms with E-state index in [0.717, 1.165) is 33.5 Å². The Morgan fingerprint density at radius 1 is 1.33 bits per heavy atom. The summed E-state index contributed by atoms with van der Waals surface area (Å²) in [6.07, 6.45) is 2.42. The molecule has 0 bridgehead atoms. The lowest BCUT2D eigenvalue weighted by atomic mass is 10.1. The smallest absolute Gasteiger partial charge is 0.224 e. The summed E-state index contributed by atoms with van der Waals surface area (Å²) in [6.45, 7) is 1.99. The predicted octanol–water partition coefficient (Wildman–Crippen LogP) is 2.12. The van der Waals surface area contributed by atoms with Gasteiger partial charge in [0.15, 0.2) is 0 Å². The zero-order chi connectivity index (χ0) is 10.4. The third-order valence-corrected chi connectivity index (χ3v) is 2.76. The fraction of sp³-hybridized carbons (Fsp3) is 0.167. The van der Waals surface area contributed by atoms with Crippen molar-refractivity contribution in [3.63, 3.8) is 0 Å². The van der Waals surface area contributed by atoms with E-state index in [1.807, 2.05) is 31.2 Å². The molecule has 1 aromatic heterocycles. The zero-order valence-corrected chi connectivity index (χ0v) is 8.40. The van der Waals surface area contributed by atoms with E-state index in [-0.39, 0.29) is 0 Å². The van der Waals surface area contributed by atoms with Crippen LogP contribution in [0.15, 0.2) is 35.5 Å². The van der Waals surface area contributed by atoms with Gasteiger partial charge in [-0.05, 0) is 13.0 Å². The van der Waals surface area contributed by atoms with Gasteiger partial charge in [-0.25, -0.2) is 0 Å². The number of benzene rings is 1. The van der Waals surface area contributed by atoms with Gasteiger partial charge >= 0.3 is 0 Å². The molecule has 1 aliphatic heterocycles. The molecule has 74 valence electrons. The molecule has 0 spiro atoms. The van der Waals surface area contributed by atoms with Gasteiger partial charge in [0.05, 0.1) is 5.39 Å². The molecule has 3 nitrogen and oxygen atoms in total. The van der Waals surface area contributed by atoms with Gasteiger partial charge in [-0.2, -0.15) is 4.73 Å². The Balaban J connectivity index is 2.43. The Hall–Kier alpha value is -1.90. The van der Waals surface area contributed by atoms with Gasteiger partial charge in [0.25, 0.3) is 0 Å². The molecular formula is C12H10N2O. The molecule has 0 fully saturated rings. The van der Waals surface area contributed by atoms with Crippen molar-refractivity contribution >= 4 is 22.3 Å². The Kier molecular flexibility index (Phi) is 1.57. The zero-order valence-electron chi connectivity index (χ0n) is 8.40. The topological polar surface area (TPSA) is 39.3 Å². The van der Waals surface area contributed by atoms with Crippen molar-refractivity contribution in [2.45, 2.75) is 13.3 Å². The highest BCUT2D eigenvalue weighted by Crippen LogP contribution is 2.30. The highest BCUT2D eigenvalue weighted by atomic mass is 16.5. The van der Waals surface area contributed by atoms with Gasteiger partial charge in [0.1, 0.15) is 5.69 Å². The Morgan fingerprint density at radius 3 is 3.00 bits per heavy atom. The van der Waals surface area contributed by atoms with E-state index in [1.165, 1.54) is 5.56 Å². The molecule has 3 rings (SSSR count). The van der Waals surface area contributed by atoms with E-state index >= 15 is 0 Å². The molecule has 0 amide bonds. The first-order valence-corrected chi connectivity index (χ1v) is 4.93. The average molecular weight is 198 g/mol. The first kappa shape index (κ1) is 8.41. The van der Waals surface area contributed by atoms with Crippen LogP contribution >= 0.6 is 0 Å². The van der Waals surface area contributed by atoms with Crippen LogP contribution in [0.5, 0.6) is 0 Å². The number of nitrogens with zero attached hydrogens (tertiary/aromatic N) is 2. The minimum absolute atomic E-state index is 0.723. The molecule has 0 aliphatic carbocycles. The maximum Gasteiger partial charge on any atom is 0.224 e. The van der Waals surface area contributed by atoms with Crippen molar-refractivity contribution in [1.29, 1.82) is 0 Å². The number of rotatable bonds is 0. The van der Waals surface area contributed by atoms with Crippen LogP contribution in [0.25, 0.3) is 10.9 Å². The highest BCUT2D eigenvalue weighted by Gasteiger charge is 2.19. The van der Waals surface area contributed by atoms with Crippen LogP contribution in [-0.4, -0.2) is 5.71 Å². The molecule has 0 unspecified atom stereocenters. The molecule has 0 radical (unpaired) electrons. The van der Waals surface area contributed by atoms with Gasteiger partial charge in [-0.3, -0.25) is 4.99 Å². The van der Waals surface area contributed by atoms with Crippen molar-refractivity contribution in [3.8, 4) is 0 Å².